The van der Waals surface area contributed by atoms with Gasteiger partial charge in [0.05, 0.1) is 6.54 Å². The molecule has 3 rings (SSSR count). The van der Waals surface area contributed by atoms with Crippen molar-refractivity contribution in [2.75, 3.05) is 6.61 Å². The summed E-state index contributed by atoms with van der Waals surface area (Å²) in [6, 6.07) is 15.0. The zero-order valence-corrected chi connectivity index (χ0v) is 15.1. The quantitative estimate of drug-likeness (QED) is 0.683. The molecule has 128 valence electrons. The van der Waals surface area contributed by atoms with Gasteiger partial charge < -0.3 is 14.5 Å². The van der Waals surface area contributed by atoms with Gasteiger partial charge in [0.25, 0.3) is 5.91 Å². The van der Waals surface area contributed by atoms with Gasteiger partial charge in [-0.15, -0.1) is 10.2 Å². The second-order valence-electron chi connectivity index (χ2n) is 5.39. The molecule has 1 N–H and O–H groups in total. The lowest BCUT2D eigenvalue weighted by molar-refractivity contribution is -0.123. The van der Waals surface area contributed by atoms with Crippen molar-refractivity contribution in [1.82, 2.24) is 15.5 Å². The Hall–Kier alpha value is -2.67. The monoisotopic (exact) mass is 401 g/mol. The Labute approximate surface area is 153 Å². The summed E-state index contributed by atoms with van der Waals surface area (Å²) in [5, 5.41) is 10.6. The van der Waals surface area contributed by atoms with E-state index in [2.05, 4.69) is 31.4 Å². The van der Waals surface area contributed by atoms with Gasteiger partial charge in [-0.1, -0.05) is 33.6 Å². The van der Waals surface area contributed by atoms with E-state index in [9.17, 15) is 4.79 Å². The highest BCUT2D eigenvalue weighted by Gasteiger charge is 2.10. The molecule has 1 amide bonds. The first-order chi connectivity index (χ1) is 12.1. The number of benzene rings is 2. The van der Waals surface area contributed by atoms with Crippen molar-refractivity contribution >= 4 is 21.8 Å². The molecular weight excluding hydrogens is 386 g/mol. The van der Waals surface area contributed by atoms with Crippen LogP contribution < -0.4 is 10.1 Å². The summed E-state index contributed by atoms with van der Waals surface area (Å²) in [6.07, 6.45) is 0. The van der Waals surface area contributed by atoms with E-state index in [0.29, 0.717) is 17.5 Å². The van der Waals surface area contributed by atoms with E-state index in [4.69, 9.17) is 9.15 Å². The number of hydrogen-bond acceptors (Lipinski definition) is 5. The maximum absolute atomic E-state index is 11.8. The molecule has 0 aliphatic heterocycles. The average Bonchev–Trinajstić information content (AvgIpc) is 3.09. The Kier molecular flexibility index (Phi) is 5.45. The van der Waals surface area contributed by atoms with Gasteiger partial charge in [-0.2, -0.15) is 0 Å². The number of halogens is 1. The fourth-order valence-electron chi connectivity index (χ4n) is 2.04. The third-order valence-electron chi connectivity index (χ3n) is 3.39. The van der Waals surface area contributed by atoms with Crippen molar-refractivity contribution in [3.8, 4) is 17.2 Å². The maximum Gasteiger partial charge on any atom is 0.258 e. The van der Waals surface area contributed by atoms with Crippen molar-refractivity contribution < 1.29 is 13.9 Å². The van der Waals surface area contributed by atoms with E-state index >= 15 is 0 Å². The molecule has 3 aromatic rings. The first-order valence-corrected chi connectivity index (χ1v) is 8.44. The summed E-state index contributed by atoms with van der Waals surface area (Å²) < 4.78 is 11.9. The van der Waals surface area contributed by atoms with Crippen molar-refractivity contribution in [3.05, 3.63) is 64.5 Å². The van der Waals surface area contributed by atoms with Gasteiger partial charge in [0.2, 0.25) is 11.8 Å². The molecule has 0 saturated carbocycles. The lowest BCUT2D eigenvalue weighted by Gasteiger charge is -2.06. The molecule has 0 fully saturated rings. The minimum Gasteiger partial charge on any atom is -0.484 e. The summed E-state index contributed by atoms with van der Waals surface area (Å²) in [4.78, 5) is 11.8. The Balaban J connectivity index is 1.49. The standard InChI is InChI=1S/C18H16BrN3O3/c1-12-2-4-13(5-3-12)18-22-21-17(25-18)10-20-16(23)11-24-15-8-6-14(19)7-9-15/h2-9H,10-11H2,1H3,(H,20,23). The van der Waals surface area contributed by atoms with E-state index in [1.807, 2.05) is 43.3 Å². The fourth-order valence-corrected chi connectivity index (χ4v) is 2.31. The highest BCUT2D eigenvalue weighted by Crippen LogP contribution is 2.18. The van der Waals surface area contributed by atoms with Crippen molar-refractivity contribution in [2.45, 2.75) is 13.5 Å². The summed E-state index contributed by atoms with van der Waals surface area (Å²) >= 11 is 3.34. The first-order valence-electron chi connectivity index (χ1n) is 7.64. The van der Waals surface area contributed by atoms with Crippen LogP contribution >= 0.6 is 15.9 Å². The van der Waals surface area contributed by atoms with E-state index < -0.39 is 0 Å². The van der Waals surface area contributed by atoms with E-state index in [-0.39, 0.29) is 19.1 Å². The number of nitrogens with one attached hydrogen (secondary N) is 1. The van der Waals surface area contributed by atoms with Crippen LogP contribution in [0.15, 0.2) is 57.4 Å². The maximum atomic E-state index is 11.8. The smallest absolute Gasteiger partial charge is 0.258 e. The molecule has 0 bridgehead atoms. The lowest BCUT2D eigenvalue weighted by Crippen LogP contribution is -2.28. The number of aromatic nitrogens is 2. The molecular formula is C18H16BrN3O3. The van der Waals surface area contributed by atoms with Crippen LogP contribution in [0.4, 0.5) is 0 Å². The summed E-state index contributed by atoms with van der Waals surface area (Å²) in [5.74, 6) is 1.12. The summed E-state index contributed by atoms with van der Waals surface area (Å²) in [6.45, 7) is 2.08. The molecule has 0 atom stereocenters. The predicted octanol–water partition coefficient (Wildman–Crippen LogP) is 3.50. The largest absolute Gasteiger partial charge is 0.484 e. The third-order valence-corrected chi connectivity index (χ3v) is 3.91. The Morgan fingerprint density at radius 1 is 1.12 bits per heavy atom. The molecule has 1 aromatic heterocycles. The van der Waals surface area contributed by atoms with Gasteiger partial charge in [-0.05, 0) is 43.3 Å². The van der Waals surface area contributed by atoms with Crippen LogP contribution in [0.3, 0.4) is 0 Å². The van der Waals surface area contributed by atoms with Crippen molar-refractivity contribution in [1.29, 1.82) is 0 Å². The third kappa shape index (κ3) is 4.90. The number of aryl methyl sites for hydroxylation is 1. The highest BCUT2D eigenvalue weighted by molar-refractivity contribution is 9.10. The van der Waals surface area contributed by atoms with Gasteiger partial charge in [0.1, 0.15) is 5.75 Å². The Bertz CT molecular complexity index is 845. The topological polar surface area (TPSA) is 77.2 Å². The SMILES string of the molecule is Cc1ccc(-c2nnc(CNC(=O)COc3ccc(Br)cc3)o2)cc1. The normalized spacial score (nSPS) is 10.5. The average molecular weight is 402 g/mol. The number of carbonyl (C=O) groups is 1. The lowest BCUT2D eigenvalue weighted by atomic mass is 10.1. The van der Waals surface area contributed by atoms with Crippen LogP contribution in [0, 0.1) is 6.92 Å². The fraction of sp³-hybridized carbons (Fsp3) is 0.167. The summed E-state index contributed by atoms with van der Waals surface area (Å²) in [7, 11) is 0. The Morgan fingerprint density at radius 3 is 2.56 bits per heavy atom. The second-order valence-corrected chi connectivity index (χ2v) is 6.30. The molecule has 0 radical (unpaired) electrons. The molecule has 0 unspecified atom stereocenters. The van der Waals surface area contributed by atoms with Crippen LogP contribution in [0.1, 0.15) is 11.5 Å². The zero-order valence-electron chi connectivity index (χ0n) is 13.5. The number of carbonyl (C=O) groups excluding carboxylic acids is 1. The van der Waals surface area contributed by atoms with Crippen LogP contribution in [-0.2, 0) is 11.3 Å². The molecule has 6 nitrogen and oxygen atoms in total. The van der Waals surface area contributed by atoms with Gasteiger partial charge in [-0.25, -0.2) is 0 Å². The van der Waals surface area contributed by atoms with E-state index in [0.717, 1.165) is 15.6 Å². The number of rotatable bonds is 6. The van der Waals surface area contributed by atoms with Crippen LogP contribution in [0.2, 0.25) is 0 Å². The molecule has 0 aliphatic carbocycles. The summed E-state index contributed by atoms with van der Waals surface area (Å²) in [5.41, 5.74) is 2.00. The van der Waals surface area contributed by atoms with E-state index in [1.165, 1.54) is 0 Å². The minimum atomic E-state index is -0.266. The first kappa shape index (κ1) is 17.2. The number of hydrogen-bond donors (Lipinski definition) is 1. The van der Waals surface area contributed by atoms with Crippen LogP contribution in [0.5, 0.6) is 5.75 Å². The predicted molar refractivity (Wildman–Crippen MR) is 96.0 cm³/mol. The highest BCUT2D eigenvalue weighted by atomic mass is 79.9. The molecule has 0 spiro atoms. The van der Waals surface area contributed by atoms with Gasteiger partial charge in [0, 0.05) is 10.0 Å². The van der Waals surface area contributed by atoms with Gasteiger partial charge in [-0.3, -0.25) is 4.79 Å². The number of ether oxygens (including phenoxy) is 1. The Morgan fingerprint density at radius 2 is 1.84 bits per heavy atom. The molecule has 0 saturated heterocycles. The molecule has 0 aliphatic rings. The molecule has 7 heteroatoms. The zero-order chi connectivity index (χ0) is 17.6. The minimum absolute atomic E-state index is 0.0827. The van der Waals surface area contributed by atoms with Crippen molar-refractivity contribution in [2.24, 2.45) is 0 Å². The van der Waals surface area contributed by atoms with Gasteiger partial charge >= 0.3 is 0 Å². The number of amides is 1. The van der Waals surface area contributed by atoms with Crippen molar-refractivity contribution in [3.63, 3.8) is 0 Å². The molecule has 25 heavy (non-hydrogen) atoms. The van der Waals surface area contributed by atoms with Crippen LogP contribution in [0.25, 0.3) is 11.5 Å². The molecule has 2 aromatic carbocycles. The van der Waals surface area contributed by atoms with Crippen LogP contribution in [-0.4, -0.2) is 22.7 Å². The van der Waals surface area contributed by atoms with E-state index in [1.54, 1.807) is 12.1 Å². The number of nitrogens with zero attached hydrogens (tertiary/aromatic N) is 2. The molecule has 1 heterocycles. The second kappa shape index (κ2) is 7.94. The van der Waals surface area contributed by atoms with Gasteiger partial charge in [0.15, 0.2) is 6.61 Å².